The van der Waals surface area contributed by atoms with Gasteiger partial charge >= 0.3 is 0 Å². The Bertz CT molecular complexity index is 1090. The van der Waals surface area contributed by atoms with Gasteiger partial charge in [0.1, 0.15) is 16.8 Å². The molecule has 4 rings (SSSR count). The van der Waals surface area contributed by atoms with Crippen molar-refractivity contribution in [2.24, 2.45) is 0 Å². The molecule has 0 amide bonds. The van der Waals surface area contributed by atoms with E-state index in [9.17, 15) is 8.78 Å². The Morgan fingerprint density at radius 2 is 1.33 bits per heavy atom. The van der Waals surface area contributed by atoms with Gasteiger partial charge in [0.05, 0.1) is 5.52 Å². The van der Waals surface area contributed by atoms with Crippen LogP contribution in [0.25, 0.3) is 10.9 Å². The first-order valence-corrected chi connectivity index (χ1v) is 9.03. The van der Waals surface area contributed by atoms with Crippen molar-refractivity contribution in [1.29, 1.82) is 0 Å². The van der Waals surface area contributed by atoms with Gasteiger partial charge < -0.3 is 0 Å². The van der Waals surface area contributed by atoms with Crippen LogP contribution in [0.1, 0.15) is 22.3 Å². The zero-order valence-corrected chi connectivity index (χ0v) is 15.2. The summed E-state index contributed by atoms with van der Waals surface area (Å²) in [7, 11) is 0. The molecule has 1 heterocycles. The Labute approximate surface area is 161 Å². The number of benzene rings is 3. The van der Waals surface area contributed by atoms with Crippen molar-refractivity contribution in [3.05, 3.63) is 112 Å². The van der Waals surface area contributed by atoms with E-state index in [1.165, 1.54) is 12.1 Å². The van der Waals surface area contributed by atoms with Gasteiger partial charge in [-0.25, -0.2) is 13.8 Å². The number of nitrogens with zero attached hydrogens (tertiary/aromatic N) is 1. The molecule has 0 saturated carbocycles. The molecule has 0 aliphatic rings. The molecule has 4 aromatic rings. The van der Waals surface area contributed by atoms with Crippen molar-refractivity contribution >= 4 is 22.5 Å². The normalized spacial score (nSPS) is 11.1. The molecule has 0 atom stereocenters. The smallest absolute Gasteiger partial charge is 0.133 e. The molecule has 0 aliphatic heterocycles. The fraction of sp³-hybridized carbons (Fsp3) is 0.0870. The fourth-order valence-electron chi connectivity index (χ4n) is 3.39. The lowest BCUT2D eigenvalue weighted by Gasteiger charge is -2.15. The summed E-state index contributed by atoms with van der Waals surface area (Å²) >= 11 is 6.53. The quantitative estimate of drug-likeness (QED) is 0.376. The molecule has 1 aromatic heterocycles. The summed E-state index contributed by atoms with van der Waals surface area (Å²) in [5.41, 5.74) is 4.26. The highest BCUT2D eigenvalue weighted by Gasteiger charge is 2.15. The van der Waals surface area contributed by atoms with Gasteiger partial charge in [0, 0.05) is 17.9 Å². The first-order valence-electron chi connectivity index (χ1n) is 8.65. The Balaban J connectivity index is 1.88. The molecule has 0 bridgehead atoms. The van der Waals surface area contributed by atoms with Gasteiger partial charge in [-0.05, 0) is 46.9 Å². The van der Waals surface area contributed by atoms with Gasteiger partial charge in [0.25, 0.3) is 0 Å². The minimum Gasteiger partial charge on any atom is -0.236 e. The molecule has 0 saturated heterocycles. The average Bonchev–Trinajstić information content (AvgIpc) is 2.64. The Morgan fingerprint density at radius 3 is 2.07 bits per heavy atom. The standard InChI is InChI=1S/C23H16ClF2N/c24-23-21(12-15-6-2-1-3-7-15)20(19-8-4-5-9-22(19)27-23)13-16-10-17(25)14-18(26)11-16/h1-11,14H,12-13H2. The van der Waals surface area contributed by atoms with Crippen LogP contribution >= 0.6 is 11.6 Å². The highest BCUT2D eigenvalue weighted by Crippen LogP contribution is 2.31. The van der Waals surface area contributed by atoms with E-state index >= 15 is 0 Å². The van der Waals surface area contributed by atoms with Crippen molar-refractivity contribution in [1.82, 2.24) is 4.98 Å². The van der Waals surface area contributed by atoms with E-state index in [4.69, 9.17) is 11.6 Å². The zero-order valence-electron chi connectivity index (χ0n) is 14.4. The molecule has 4 heteroatoms. The van der Waals surface area contributed by atoms with Gasteiger partial charge in [0.2, 0.25) is 0 Å². The third-order valence-electron chi connectivity index (χ3n) is 4.59. The molecule has 134 valence electrons. The summed E-state index contributed by atoms with van der Waals surface area (Å²) in [5, 5.41) is 1.36. The molecule has 0 spiro atoms. The van der Waals surface area contributed by atoms with Crippen LogP contribution in [0.4, 0.5) is 8.78 Å². The lowest BCUT2D eigenvalue weighted by molar-refractivity contribution is 0.580. The van der Waals surface area contributed by atoms with E-state index in [0.29, 0.717) is 23.6 Å². The maximum Gasteiger partial charge on any atom is 0.133 e. The van der Waals surface area contributed by atoms with Crippen LogP contribution in [-0.2, 0) is 12.8 Å². The van der Waals surface area contributed by atoms with Crippen LogP contribution in [0.15, 0.2) is 72.8 Å². The van der Waals surface area contributed by atoms with Crippen molar-refractivity contribution < 1.29 is 8.78 Å². The van der Waals surface area contributed by atoms with Gasteiger partial charge in [-0.1, -0.05) is 60.1 Å². The van der Waals surface area contributed by atoms with E-state index in [1.54, 1.807) is 0 Å². The predicted molar refractivity (Wildman–Crippen MR) is 105 cm³/mol. The van der Waals surface area contributed by atoms with E-state index in [0.717, 1.165) is 33.7 Å². The summed E-state index contributed by atoms with van der Waals surface area (Å²) in [6.07, 6.45) is 0.976. The van der Waals surface area contributed by atoms with Gasteiger partial charge in [-0.2, -0.15) is 0 Å². The number of fused-ring (bicyclic) bond motifs is 1. The molecule has 0 aliphatic carbocycles. The second-order valence-electron chi connectivity index (χ2n) is 6.49. The van der Waals surface area contributed by atoms with Crippen LogP contribution in [0, 0.1) is 11.6 Å². The number of aromatic nitrogens is 1. The summed E-state index contributed by atoms with van der Waals surface area (Å²) in [4.78, 5) is 4.53. The van der Waals surface area contributed by atoms with Crippen molar-refractivity contribution in [2.75, 3.05) is 0 Å². The van der Waals surface area contributed by atoms with Crippen molar-refractivity contribution in [3.8, 4) is 0 Å². The molecule has 0 unspecified atom stereocenters. The number of pyridine rings is 1. The highest BCUT2D eigenvalue weighted by molar-refractivity contribution is 6.30. The van der Waals surface area contributed by atoms with Crippen LogP contribution in [0.2, 0.25) is 5.15 Å². The highest BCUT2D eigenvalue weighted by atomic mass is 35.5. The number of rotatable bonds is 4. The minimum atomic E-state index is -0.584. The number of halogens is 3. The SMILES string of the molecule is Fc1cc(F)cc(Cc2c(Cc3ccccc3)c(Cl)nc3ccccc23)c1. The lowest BCUT2D eigenvalue weighted by atomic mass is 9.93. The Kier molecular flexibility index (Phi) is 4.87. The van der Waals surface area contributed by atoms with Crippen LogP contribution in [0.3, 0.4) is 0 Å². The number of hydrogen-bond acceptors (Lipinski definition) is 1. The van der Waals surface area contributed by atoms with Crippen LogP contribution in [-0.4, -0.2) is 4.98 Å². The summed E-state index contributed by atoms with van der Waals surface area (Å²) in [5.74, 6) is -1.17. The summed E-state index contributed by atoms with van der Waals surface area (Å²) in [6.45, 7) is 0. The third kappa shape index (κ3) is 3.83. The van der Waals surface area contributed by atoms with E-state index in [1.807, 2.05) is 54.6 Å². The Hall–Kier alpha value is -2.78. The van der Waals surface area contributed by atoms with E-state index < -0.39 is 11.6 Å². The van der Waals surface area contributed by atoms with Crippen molar-refractivity contribution in [2.45, 2.75) is 12.8 Å². The topological polar surface area (TPSA) is 12.9 Å². The van der Waals surface area contributed by atoms with Crippen LogP contribution in [0.5, 0.6) is 0 Å². The minimum absolute atomic E-state index is 0.375. The third-order valence-corrected chi connectivity index (χ3v) is 4.90. The van der Waals surface area contributed by atoms with E-state index in [-0.39, 0.29) is 0 Å². The largest absolute Gasteiger partial charge is 0.236 e. The van der Waals surface area contributed by atoms with Crippen molar-refractivity contribution in [3.63, 3.8) is 0 Å². The summed E-state index contributed by atoms with van der Waals surface area (Å²) < 4.78 is 27.4. The molecule has 3 aromatic carbocycles. The molecular weight excluding hydrogens is 364 g/mol. The molecular formula is C23H16ClF2N. The van der Waals surface area contributed by atoms with Gasteiger partial charge in [-0.3, -0.25) is 0 Å². The number of para-hydroxylation sites is 1. The lowest BCUT2D eigenvalue weighted by Crippen LogP contribution is -2.03. The molecule has 0 fully saturated rings. The molecule has 1 nitrogen and oxygen atoms in total. The van der Waals surface area contributed by atoms with Gasteiger partial charge in [-0.15, -0.1) is 0 Å². The maximum absolute atomic E-state index is 13.7. The van der Waals surface area contributed by atoms with Gasteiger partial charge in [0.15, 0.2) is 0 Å². The fourth-order valence-corrected chi connectivity index (χ4v) is 3.66. The zero-order chi connectivity index (χ0) is 18.8. The first kappa shape index (κ1) is 17.6. The average molecular weight is 380 g/mol. The maximum atomic E-state index is 13.7. The van der Waals surface area contributed by atoms with Crippen LogP contribution < -0.4 is 0 Å². The second kappa shape index (κ2) is 7.45. The molecule has 0 radical (unpaired) electrons. The van der Waals surface area contributed by atoms with E-state index in [2.05, 4.69) is 4.98 Å². The Morgan fingerprint density at radius 1 is 0.704 bits per heavy atom. The predicted octanol–water partition coefficient (Wildman–Crippen LogP) is 6.35. The molecule has 27 heavy (non-hydrogen) atoms. The molecule has 0 N–H and O–H groups in total. The monoisotopic (exact) mass is 379 g/mol. The summed E-state index contributed by atoms with van der Waals surface area (Å²) in [6, 6.07) is 21.2. The second-order valence-corrected chi connectivity index (χ2v) is 6.85. The first-order chi connectivity index (χ1) is 13.1. The number of hydrogen-bond donors (Lipinski definition) is 0.